The number of nitrogens with one attached hydrogen (secondary N) is 1. The van der Waals surface area contributed by atoms with Crippen molar-refractivity contribution in [2.75, 3.05) is 5.32 Å². The maximum Gasteiger partial charge on any atom is 0.134 e. The van der Waals surface area contributed by atoms with Crippen molar-refractivity contribution in [3.8, 4) is 11.3 Å². The maximum absolute atomic E-state index is 5.93. The molecule has 0 saturated carbocycles. The van der Waals surface area contributed by atoms with Crippen LogP contribution in [-0.4, -0.2) is 19.7 Å². The molecule has 1 N–H and O–H groups in total. The van der Waals surface area contributed by atoms with Gasteiger partial charge >= 0.3 is 0 Å². The highest BCUT2D eigenvalue weighted by atomic mass is 35.5. The topological polar surface area (TPSA) is 55.6 Å². The molecule has 27 heavy (non-hydrogen) atoms. The molecular formula is C20H15Cl2N5. The quantitative estimate of drug-likeness (QED) is 0.488. The fourth-order valence-electron chi connectivity index (χ4n) is 2.62. The van der Waals surface area contributed by atoms with Crippen molar-refractivity contribution in [1.29, 1.82) is 0 Å². The molecule has 0 aliphatic carbocycles. The van der Waals surface area contributed by atoms with E-state index in [1.807, 2.05) is 65.5 Å². The van der Waals surface area contributed by atoms with Crippen LogP contribution in [0.2, 0.25) is 10.0 Å². The van der Waals surface area contributed by atoms with Crippen molar-refractivity contribution in [3.63, 3.8) is 0 Å². The lowest BCUT2D eigenvalue weighted by atomic mass is 10.2. The first-order chi connectivity index (χ1) is 13.2. The number of anilines is 2. The van der Waals surface area contributed by atoms with Gasteiger partial charge in [-0.15, -0.1) is 0 Å². The maximum atomic E-state index is 5.93. The molecule has 0 fully saturated rings. The molecule has 0 unspecified atom stereocenters. The summed E-state index contributed by atoms with van der Waals surface area (Å²) in [7, 11) is 0. The molecule has 0 bridgehead atoms. The third kappa shape index (κ3) is 4.45. The zero-order valence-corrected chi connectivity index (χ0v) is 15.7. The summed E-state index contributed by atoms with van der Waals surface area (Å²) in [4.78, 5) is 8.62. The Kier molecular flexibility index (Phi) is 5.05. The van der Waals surface area contributed by atoms with Crippen LogP contribution < -0.4 is 5.32 Å². The van der Waals surface area contributed by atoms with Crippen LogP contribution in [0, 0.1) is 0 Å². The Bertz CT molecular complexity index is 1040. The molecule has 2 aromatic carbocycles. The van der Waals surface area contributed by atoms with Gasteiger partial charge < -0.3 is 5.32 Å². The van der Waals surface area contributed by atoms with E-state index >= 15 is 0 Å². The number of benzene rings is 2. The number of rotatable bonds is 5. The van der Waals surface area contributed by atoms with E-state index in [2.05, 4.69) is 20.4 Å². The SMILES string of the molecule is Clc1ccc(Cn2cc(-c3cc(Nc4ccc(Cl)cc4)ncn3)cn2)cc1. The van der Waals surface area contributed by atoms with Crippen LogP contribution in [0.4, 0.5) is 11.5 Å². The zero-order chi connectivity index (χ0) is 18.6. The second kappa shape index (κ2) is 7.78. The molecule has 0 aliphatic rings. The summed E-state index contributed by atoms with van der Waals surface area (Å²) >= 11 is 11.8. The van der Waals surface area contributed by atoms with E-state index in [4.69, 9.17) is 23.2 Å². The molecule has 0 amide bonds. The summed E-state index contributed by atoms with van der Waals surface area (Å²) in [6.07, 6.45) is 5.29. The van der Waals surface area contributed by atoms with Crippen LogP contribution >= 0.6 is 23.2 Å². The molecule has 2 aromatic heterocycles. The number of halogens is 2. The summed E-state index contributed by atoms with van der Waals surface area (Å²) in [5.74, 6) is 0.702. The van der Waals surface area contributed by atoms with E-state index in [0.717, 1.165) is 27.5 Å². The van der Waals surface area contributed by atoms with Gasteiger partial charge in [-0.1, -0.05) is 35.3 Å². The highest BCUT2D eigenvalue weighted by Crippen LogP contribution is 2.22. The first kappa shape index (κ1) is 17.5. The molecule has 7 heteroatoms. The van der Waals surface area contributed by atoms with Crippen LogP contribution in [0.5, 0.6) is 0 Å². The van der Waals surface area contributed by atoms with Gasteiger partial charge in [-0.05, 0) is 42.0 Å². The first-order valence-electron chi connectivity index (χ1n) is 8.28. The molecule has 134 valence electrons. The lowest BCUT2D eigenvalue weighted by Crippen LogP contribution is -1.99. The van der Waals surface area contributed by atoms with Crippen molar-refractivity contribution in [1.82, 2.24) is 19.7 Å². The minimum Gasteiger partial charge on any atom is -0.340 e. The predicted octanol–water partition coefficient (Wildman–Crippen LogP) is 5.44. The Hall–Kier alpha value is -2.89. The second-order valence-electron chi connectivity index (χ2n) is 5.97. The van der Waals surface area contributed by atoms with Gasteiger partial charge in [-0.2, -0.15) is 5.10 Å². The zero-order valence-electron chi connectivity index (χ0n) is 14.2. The molecule has 0 saturated heterocycles. The Morgan fingerprint density at radius 1 is 0.889 bits per heavy atom. The van der Waals surface area contributed by atoms with Crippen molar-refractivity contribution < 1.29 is 0 Å². The lowest BCUT2D eigenvalue weighted by molar-refractivity contribution is 0.687. The van der Waals surface area contributed by atoms with Crippen molar-refractivity contribution in [3.05, 3.63) is 88.9 Å². The van der Waals surface area contributed by atoms with E-state index in [-0.39, 0.29) is 0 Å². The predicted molar refractivity (Wildman–Crippen MR) is 109 cm³/mol. The minimum atomic E-state index is 0.665. The van der Waals surface area contributed by atoms with Gasteiger partial charge in [0.15, 0.2) is 0 Å². The van der Waals surface area contributed by atoms with E-state index in [9.17, 15) is 0 Å². The normalized spacial score (nSPS) is 10.7. The van der Waals surface area contributed by atoms with E-state index in [1.165, 1.54) is 6.33 Å². The van der Waals surface area contributed by atoms with Crippen LogP contribution in [0.15, 0.2) is 73.3 Å². The van der Waals surface area contributed by atoms with Crippen LogP contribution in [0.25, 0.3) is 11.3 Å². The molecule has 0 radical (unpaired) electrons. The number of aromatic nitrogens is 4. The van der Waals surface area contributed by atoms with Gasteiger partial charge in [-0.3, -0.25) is 4.68 Å². The lowest BCUT2D eigenvalue weighted by Gasteiger charge is -2.06. The number of hydrogen-bond donors (Lipinski definition) is 1. The number of nitrogens with zero attached hydrogens (tertiary/aromatic N) is 4. The molecule has 0 aliphatic heterocycles. The molecular weight excluding hydrogens is 381 g/mol. The molecule has 0 spiro atoms. The number of hydrogen-bond acceptors (Lipinski definition) is 4. The second-order valence-corrected chi connectivity index (χ2v) is 6.85. The molecule has 2 heterocycles. The Labute approximate surface area is 166 Å². The molecule has 0 atom stereocenters. The van der Waals surface area contributed by atoms with E-state index in [1.54, 1.807) is 6.20 Å². The first-order valence-corrected chi connectivity index (χ1v) is 9.03. The minimum absolute atomic E-state index is 0.665. The van der Waals surface area contributed by atoms with Gasteiger partial charge in [-0.25, -0.2) is 9.97 Å². The smallest absolute Gasteiger partial charge is 0.134 e. The van der Waals surface area contributed by atoms with Crippen molar-refractivity contribution in [2.24, 2.45) is 0 Å². The van der Waals surface area contributed by atoms with E-state index in [0.29, 0.717) is 17.4 Å². The Morgan fingerprint density at radius 2 is 1.59 bits per heavy atom. The fraction of sp³-hybridized carbons (Fsp3) is 0.0500. The summed E-state index contributed by atoms with van der Waals surface area (Å²) < 4.78 is 1.87. The monoisotopic (exact) mass is 395 g/mol. The molecule has 4 aromatic rings. The van der Waals surface area contributed by atoms with Gasteiger partial charge in [0.05, 0.1) is 18.4 Å². The van der Waals surface area contributed by atoms with Crippen LogP contribution in [0.1, 0.15) is 5.56 Å². The highest BCUT2D eigenvalue weighted by molar-refractivity contribution is 6.30. The van der Waals surface area contributed by atoms with Gasteiger partial charge in [0.2, 0.25) is 0 Å². The van der Waals surface area contributed by atoms with Crippen molar-refractivity contribution >= 4 is 34.7 Å². The average molecular weight is 396 g/mol. The third-order valence-corrected chi connectivity index (χ3v) is 4.47. The van der Waals surface area contributed by atoms with Crippen LogP contribution in [0.3, 0.4) is 0 Å². The van der Waals surface area contributed by atoms with Gasteiger partial charge in [0.25, 0.3) is 0 Å². The Balaban J connectivity index is 1.51. The summed E-state index contributed by atoms with van der Waals surface area (Å²) in [6.45, 7) is 0.665. The van der Waals surface area contributed by atoms with Gasteiger partial charge in [0.1, 0.15) is 12.1 Å². The summed E-state index contributed by atoms with van der Waals surface area (Å²) in [5.41, 5.74) is 3.75. The standard InChI is InChI=1S/C20H15Cl2N5/c21-16-3-1-14(2-4-16)11-27-12-15(10-25-27)19-9-20(24-13-23-19)26-18-7-5-17(22)6-8-18/h1-10,12-13H,11H2,(H,23,24,26). The average Bonchev–Trinajstić information content (AvgIpc) is 3.14. The molecule has 5 nitrogen and oxygen atoms in total. The highest BCUT2D eigenvalue weighted by Gasteiger charge is 2.06. The summed E-state index contributed by atoms with van der Waals surface area (Å²) in [5, 5.41) is 9.08. The van der Waals surface area contributed by atoms with Crippen molar-refractivity contribution in [2.45, 2.75) is 6.54 Å². The Morgan fingerprint density at radius 3 is 2.33 bits per heavy atom. The largest absolute Gasteiger partial charge is 0.340 e. The summed E-state index contributed by atoms with van der Waals surface area (Å²) in [6, 6.07) is 17.1. The third-order valence-electron chi connectivity index (χ3n) is 3.97. The fourth-order valence-corrected chi connectivity index (χ4v) is 2.88. The molecule has 4 rings (SSSR count). The van der Waals surface area contributed by atoms with Crippen LogP contribution in [-0.2, 0) is 6.54 Å². The van der Waals surface area contributed by atoms with E-state index < -0.39 is 0 Å². The van der Waals surface area contributed by atoms with Gasteiger partial charge in [0, 0.05) is 33.6 Å².